The highest BCUT2D eigenvalue weighted by Crippen LogP contribution is 2.36. The van der Waals surface area contributed by atoms with Crippen molar-refractivity contribution in [3.63, 3.8) is 0 Å². The molecule has 0 bridgehead atoms. The smallest absolute Gasteiger partial charge is 0.160 e. The predicted octanol–water partition coefficient (Wildman–Crippen LogP) is 18.7. The molecule has 0 saturated carbocycles. The summed E-state index contributed by atoms with van der Waals surface area (Å²) in [4.78, 5) is 30.3. The van der Waals surface area contributed by atoms with Gasteiger partial charge in [-0.1, -0.05) is 255 Å². The van der Waals surface area contributed by atoms with E-state index in [0.717, 1.165) is 122 Å². The van der Waals surface area contributed by atoms with Gasteiger partial charge in [0, 0.05) is 67.7 Å². The molecular formula is C74H48N6. The minimum atomic E-state index is 0.650. The summed E-state index contributed by atoms with van der Waals surface area (Å²) in [6.07, 6.45) is 3.70. The number of fused-ring (bicyclic) bond motifs is 2. The predicted molar refractivity (Wildman–Crippen MR) is 328 cm³/mol. The molecule has 4 heterocycles. The van der Waals surface area contributed by atoms with Crippen LogP contribution in [0.2, 0.25) is 0 Å². The van der Waals surface area contributed by atoms with E-state index in [-0.39, 0.29) is 0 Å². The van der Waals surface area contributed by atoms with E-state index in [1.807, 2.05) is 36.7 Å². The lowest BCUT2D eigenvalue weighted by atomic mass is 9.98. The fourth-order valence-corrected chi connectivity index (χ4v) is 10.6. The highest BCUT2D eigenvalue weighted by molar-refractivity contribution is 5.95. The van der Waals surface area contributed by atoms with E-state index in [1.165, 1.54) is 11.1 Å². The Hall–Kier alpha value is -10.8. The zero-order valence-corrected chi connectivity index (χ0v) is 43.4. The largest absolute Gasteiger partial charge is 0.256 e. The Morgan fingerprint density at radius 2 is 0.450 bits per heavy atom. The minimum absolute atomic E-state index is 0.650. The fraction of sp³-hybridized carbons (Fsp3) is 0. The van der Waals surface area contributed by atoms with Gasteiger partial charge in [0.2, 0.25) is 0 Å². The summed E-state index contributed by atoms with van der Waals surface area (Å²) in [6.45, 7) is 0. The first-order valence-electron chi connectivity index (χ1n) is 26.8. The average molecular weight is 1020 g/mol. The minimum Gasteiger partial charge on any atom is -0.256 e. The molecule has 0 aliphatic rings. The van der Waals surface area contributed by atoms with Gasteiger partial charge < -0.3 is 0 Å². The second kappa shape index (κ2) is 21.0. The normalized spacial score (nSPS) is 11.2. The van der Waals surface area contributed by atoms with Crippen molar-refractivity contribution in [3.05, 3.63) is 291 Å². The third-order valence-corrected chi connectivity index (χ3v) is 14.9. The number of benzene rings is 10. The number of rotatable bonds is 11. The highest BCUT2D eigenvalue weighted by Gasteiger charge is 2.16. The van der Waals surface area contributed by atoms with Gasteiger partial charge in [-0.05, 0) is 68.8 Å². The molecule has 374 valence electrons. The van der Waals surface area contributed by atoms with E-state index in [1.54, 1.807) is 0 Å². The van der Waals surface area contributed by atoms with Gasteiger partial charge in [-0.15, -0.1) is 0 Å². The molecule has 4 aromatic heterocycles. The summed E-state index contributed by atoms with van der Waals surface area (Å²) in [5.74, 6) is 1.30. The van der Waals surface area contributed by atoms with Crippen molar-refractivity contribution in [1.29, 1.82) is 0 Å². The van der Waals surface area contributed by atoms with Gasteiger partial charge in [-0.2, -0.15) is 0 Å². The van der Waals surface area contributed by atoms with Crippen LogP contribution in [0.1, 0.15) is 0 Å². The van der Waals surface area contributed by atoms with Crippen LogP contribution in [0.25, 0.3) is 145 Å². The fourth-order valence-electron chi connectivity index (χ4n) is 10.6. The van der Waals surface area contributed by atoms with E-state index in [2.05, 4.69) is 255 Å². The summed E-state index contributed by atoms with van der Waals surface area (Å²) in [7, 11) is 0. The van der Waals surface area contributed by atoms with Gasteiger partial charge in [0.1, 0.15) is 0 Å². The molecule has 0 aliphatic carbocycles. The second-order valence-corrected chi connectivity index (χ2v) is 19.9. The summed E-state index contributed by atoms with van der Waals surface area (Å²) in [5, 5.41) is 2.23. The molecule has 0 N–H and O–H groups in total. The molecule has 0 unspecified atom stereocenters. The standard InChI is InChI=1S/C74H48N6/c1-3-11-49(12-4-1)51-21-33-57(34-22-51)67-47-69(59-37-29-55(30-38-59)65-19-7-15-61-17-9-45-75-71(61)65)79-73(77-67)63-41-25-53(26-42-63)54-27-43-64(44-28-54)74-78-68(58-35-23-52(24-36-58)50-13-5-2-6-14-50)48-70(80-74)60-39-31-56(32-40-60)66-20-8-16-62-18-10-46-76-72(62)66/h1-48H. The van der Waals surface area contributed by atoms with E-state index in [4.69, 9.17) is 29.9 Å². The van der Waals surface area contributed by atoms with Crippen molar-refractivity contribution in [2.24, 2.45) is 0 Å². The van der Waals surface area contributed by atoms with E-state index in [9.17, 15) is 0 Å². The molecule has 6 nitrogen and oxygen atoms in total. The first-order valence-corrected chi connectivity index (χ1v) is 26.8. The summed E-state index contributed by atoms with van der Waals surface area (Å²) >= 11 is 0. The third kappa shape index (κ3) is 9.59. The van der Waals surface area contributed by atoms with Gasteiger partial charge in [0.05, 0.1) is 33.8 Å². The summed E-state index contributed by atoms with van der Waals surface area (Å²) in [6, 6.07) is 97.4. The quantitative estimate of drug-likeness (QED) is 0.128. The van der Waals surface area contributed by atoms with E-state index >= 15 is 0 Å². The van der Waals surface area contributed by atoms with Crippen molar-refractivity contribution in [3.8, 4) is 123 Å². The Balaban J connectivity index is 0.781. The molecule has 0 aliphatic heterocycles. The molecule has 0 spiro atoms. The van der Waals surface area contributed by atoms with E-state index in [0.29, 0.717) is 11.6 Å². The van der Waals surface area contributed by atoms with Gasteiger partial charge in [0.25, 0.3) is 0 Å². The average Bonchev–Trinajstić information content (AvgIpc) is 3.56. The van der Waals surface area contributed by atoms with Crippen molar-refractivity contribution in [1.82, 2.24) is 29.9 Å². The number of nitrogens with zero attached hydrogens (tertiary/aromatic N) is 6. The number of pyridine rings is 2. The lowest BCUT2D eigenvalue weighted by Crippen LogP contribution is -1.96. The lowest BCUT2D eigenvalue weighted by molar-refractivity contribution is 1.18. The van der Waals surface area contributed by atoms with Crippen LogP contribution < -0.4 is 0 Å². The molecule has 0 atom stereocenters. The summed E-state index contributed by atoms with van der Waals surface area (Å²) in [5.41, 5.74) is 22.4. The van der Waals surface area contributed by atoms with Crippen molar-refractivity contribution in [2.45, 2.75) is 0 Å². The topological polar surface area (TPSA) is 77.3 Å². The van der Waals surface area contributed by atoms with Gasteiger partial charge in [-0.3, -0.25) is 9.97 Å². The van der Waals surface area contributed by atoms with Crippen LogP contribution in [0.3, 0.4) is 0 Å². The van der Waals surface area contributed by atoms with Crippen molar-refractivity contribution >= 4 is 21.8 Å². The Morgan fingerprint density at radius 1 is 0.188 bits per heavy atom. The van der Waals surface area contributed by atoms with Gasteiger partial charge in [0.15, 0.2) is 11.6 Å². The molecular weight excluding hydrogens is 973 g/mol. The number of para-hydroxylation sites is 2. The number of aromatic nitrogens is 6. The van der Waals surface area contributed by atoms with Crippen LogP contribution >= 0.6 is 0 Å². The molecule has 14 aromatic rings. The van der Waals surface area contributed by atoms with Crippen LogP contribution in [-0.4, -0.2) is 29.9 Å². The van der Waals surface area contributed by atoms with Crippen LogP contribution in [0.4, 0.5) is 0 Å². The van der Waals surface area contributed by atoms with Crippen molar-refractivity contribution in [2.75, 3.05) is 0 Å². The maximum absolute atomic E-state index is 5.23. The first-order chi connectivity index (χ1) is 39.6. The Labute approximate surface area is 464 Å². The highest BCUT2D eigenvalue weighted by atomic mass is 14.9. The lowest BCUT2D eigenvalue weighted by Gasteiger charge is -2.12. The zero-order chi connectivity index (χ0) is 53.2. The number of hydrogen-bond acceptors (Lipinski definition) is 6. The van der Waals surface area contributed by atoms with Crippen molar-refractivity contribution < 1.29 is 0 Å². The summed E-state index contributed by atoms with van der Waals surface area (Å²) < 4.78 is 0. The first kappa shape index (κ1) is 47.6. The van der Waals surface area contributed by atoms with E-state index < -0.39 is 0 Å². The molecule has 80 heavy (non-hydrogen) atoms. The zero-order valence-electron chi connectivity index (χ0n) is 43.4. The molecule has 0 saturated heterocycles. The van der Waals surface area contributed by atoms with Gasteiger partial charge >= 0.3 is 0 Å². The Bertz CT molecular complexity index is 4200. The third-order valence-electron chi connectivity index (χ3n) is 14.9. The SMILES string of the molecule is c1ccc(-c2ccc(-c3cc(-c4ccc(-c5cccc6cccnc56)cc4)nc(-c4ccc(-c5ccc(-c6nc(-c7ccc(-c8ccccc8)cc7)cc(-c7ccc(-c8cccc9cccnc89)cc7)n6)cc5)cc4)n3)cc2)cc1. The molecule has 0 fully saturated rings. The van der Waals surface area contributed by atoms with Crippen LogP contribution in [-0.2, 0) is 0 Å². The number of hydrogen-bond donors (Lipinski definition) is 0. The Kier molecular flexibility index (Phi) is 12.5. The monoisotopic (exact) mass is 1020 g/mol. The van der Waals surface area contributed by atoms with Crippen LogP contribution in [0.15, 0.2) is 291 Å². The van der Waals surface area contributed by atoms with Crippen LogP contribution in [0, 0.1) is 0 Å². The second-order valence-electron chi connectivity index (χ2n) is 19.9. The molecule has 0 radical (unpaired) electrons. The van der Waals surface area contributed by atoms with Crippen LogP contribution in [0.5, 0.6) is 0 Å². The molecule has 6 heteroatoms. The Morgan fingerprint density at radius 3 is 0.775 bits per heavy atom. The maximum Gasteiger partial charge on any atom is 0.160 e. The maximum atomic E-state index is 5.23. The molecule has 10 aromatic carbocycles. The molecule has 14 rings (SSSR count). The van der Waals surface area contributed by atoms with Gasteiger partial charge in [-0.25, -0.2) is 19.9 Å². The molecule has 0 amide bonds.